The lowest BCUT2D eigenvalue weighted by atomic mass is 9.97. The van der Waals surface area contributed by atoms with E-state index in [1.54, 1.807) is 12.1 Å². The Kier molecular flexibility index (Phi) is 9.74. The van der Waals surface area contributed by atoms with Crippen LogP contribution in [0.15, 0.2) is 30.9 Å². The lowest BCUT2D eigenvalue weighted by Crippen LogP contribution is -2.56. The van der Waals surface area contributed by atoms with Gasteiger partial charge in [0.25, 0.3) is 5.91 Å². The lowest BCUT2D eigenvalue weighted by molar-refractivity contribution is -0.139. The first kappa shape index (κ1) is 35.1. The summed E-state index contributed by atoms with van der Waals surface area (Å²) in [7, 11) is -3.90. The standard InChI is InChI=1S/C34H41FN4O8S/c1-5-22-17-34(22,31(43)37-48(45,46)25-12-13-25)36-30(42)28-16-24(47-32(44)38-18-21-8-6-10-27(35)26(21)20-38)19-39(28)29(41)11-7-9-23(40)14-15-33(2,3)4/h5-6,8,10,22,24-25,28H,1,7,9,11-13,16-20H2,2-4H3,(H,36,42)(H,37,43)/t22-,24?,28+,34-/m1/s1. The summed E-state index contributed by atoms with van der Waals surface area (Å²) in [5, 5.41) is 2.03. The maximum Gasteiger partial charge on any atom is 0.410 e. The normalized spacial score (nSPS) is 24.5. The number of likely N-dealkylation sites (tertiary alicyclic amines) is 1. The van der Waals surface area contributed by atoms with Crippen LogP contribution in [-0.2, 0) is 47.0 Å². The van der Waals surface area contributed by atoms with E-state index in [1.807, 2.05) is 20.8 Å². The fourth-order valence-electron chi connectivity index (χ4n) is 6.02. The van der Waals surface area contributed by atoms with Gasteiger partial charge in [0.1, 0.15) is 23.5 Å². The summed E-state index contributed by atoms with van der Waals surface area (Å²) in [6.07, 6.45) is 0.858. The number of carbonyl (C=O) groups is 5. The van der Waals surface area contributed by atoms with Crippen LogP contribution in [0.2, 0.25) is 0 Å². The van der Waals surface area contributed by atoms with Crippen molar-refractivity contribution < 1.29 is 41.5 Å². The summed E-state index contributed by atoms with van der Waals surface area (Å²) in [5.74, 6) is 2.11. The van der Waals surface area contributed by atoms with Gasteiger partial charge < -0.3 is 15.0 Å². The van der Waals surface area contributed by atoms with Crippen molar-refractivity contribution in [2.75, 3.05) is 6.54 Å². The molecule has 1 aromatic carbocycles. The summed E-state index contributed by atoms with van der Waals surface area (Å²) < 4.78 is 47.1. The second kappa shape index (κ2) is 13.3. The highest BCUT2D eigenvalue weighted by atomic mass is 32.2. The number of hydrogen-bond donors (Lipinski definition) is 2. The Bertz CT molecular complexity index is 1710. The molecule has 48 heavy (non-hydrogen) atoms. The Morgan fingerprint density at radius 3 is 2.50 bits per heavy atom. The van der Waals surface area contributed by atoms with Crippen LogP contribution in [-0.4, -0.2) is 77.3 Å². The van der Waals surface area contributed by atoms with E-state index in [4.69, 9.17) is 4.74 Å². The van der Waals surface area contributed by atoms with E-state index in [-0.39, 0.29) is 62.9 Å². The van der Waals surface area contributed by atoms with E-state index in [1.165, 1.54) is 21.9 Å². The van der Waals surface area contributed by atoms with Crippen molar-refractivity contribution in [3.05, 3.63) is 47.8 Å². The molecule has 2 heterocycles. The van der Waals surface area contributed by atoms with Crippen LogP contribution in [0, 0.1) is 29.0 Å². The van der Waals surface area contributed by atoms with Gasteiger partial charge in [-0.2, -0.15) is 0 Å². The first-order valence-corrected chi connectivity index (χ1v) is 17.7. The molecule has 2 saturated carbocycles. The Morgan fingerprint density at radius 1 is 1.15 bits per heavy atom. The average molecular weight is 685 g/mol. The molecule has 2 aliphatic carbocycles. The monoisotopic (exact) mass is 684 g/mol. The average Bonchev–Trinajstić information content (AvgIpc) is 3.90. The van der Waals surface area contributed by atoms with Gasteiger partial charge in [0.05, 0.1) is 18.3 Å². The highest BCUT2D eigenvalue weighted by Crippen LogP contribution is 2.45. The number of amides is 4. The number of hydrogen-bond acceptors (Lipinski definition) is 8. The van der Waals surface area contributed by atoms with Crippen molar-refractivity contribution in [3.63, 3.8) is 0 Å². The molecule has 0 aromatic heterocycles. The summed E-state index contributed by atoms with van der Waals surface area (Å²) in [6.45, 7) is 9.34. The van der Waals surface area contributed by atoms with E-state index < -0.39 is 68.5 Å². The van der Waals surface area contributed by atoms with Crippen LogP contribution >= 0.6 is 0 Å². The molecule has 4 aliphatic rings. The van der Waals surface area contributed by atoms with Crippen LogP contribution < -0.4 is 10.0 Å². The van der Waals surface area contributed by atoms with Crippen molar-refractivity contribution in [2.45, 2.75) is 102 Å². The molecular formula is C34H41FN4O8S. The molecule has 0 spiro atoms. The number of benzene rings is 1. The zero-order valence-corrected chi connectivity index (χ0v) is 28.2. The zero-order valence-electron chi connectivity index (χ0n) is 27.3. The van der Waals surface area contributed by atoms with E-state index in [9.17, 15) is 36.8 Å². The van der Waals surface area contributed by atoms with Crippen molar-refractivity contribution in [1.29, 1.82) is 0 Å². The number of ether oxygens (including phenoxy) is 1. The van der Waals surface area contributed by atoms with Gasteiger partial charge >= 0.3 is 6.09 Å². The maximum atomic E-state index is 14.3. The number of fused-ring (bicyclic) bond motifs is 1. The minimum absolute atomic E-state index is 0.0105. The molecule has 3 fully saturated rings. The van der Waals surface area contributed by atoms with Crippen LogP contribution in [0.1, 0.15) is 76.8 Å². The van der Waals surface area contributed by atoms with Gasteiger partial charge in [0, 0.05) is 42.7 Å². The molecule has 4 amide bonds. The molecule has 0 bridgehead atoms. The minimum atomic E-state index is -3.90. The van der Waals surface area contributed by atoms with Crippen LogP contribution in [0.25, 0.3) is 0 Å². The SMILES string of the molecule is C=C[C@@H]1C[C@]1(NC(=O)[C@@H]1CC(OC(=O)N2Cc3cccc(F)c3C2)CN1C(=O)CCCC(=O)C#CC(C)(C)C)C(=O)NS(=O)(=O)C1CC1. The van der Waals surface area contributed by atoms with Gasteiger partial charge in [-0.25, -0.2) is 17.6 Å². The molecule has 0 radical (unpaired) electrons. The summed E-state index contributed by atoms with van der Waals surface area (Å²) in [5.41, 5.74) is -0.871. The number of carbonyl (C=O) groups excluding carboxylic acids is 5. The maximum absolute atomic E-state index is 14.3. The molecule has 1 unspecified atom stereocenters. The Hall–Kier alpha value is -4.25. The molecule has 4 atom stereocenters. The Balaban J connectivity index is 1.28. The number of Topliss-reactive ketones (excluding diaryl/α,β-unsaturated/α-hetero) is 1. The van der Waals surface area contributed by atoms with Gasteiger partial charge in [-0.1, -0.05) is 24.1 Å². The largest absolute Gasteiger partial charge is 0.444 e. The molecule has 5 rings (SSSR count). The number of nitrogens with one attached hydrogen (secondary N) is 2. The second-order valence-electron chi connectivity index (χ2n) is 14.0. The van der Waals surface area contributed by atoms with Crippen LogP contribution in [0.3, 0.4) is 0 Å². The quantitative estimate of drug-likeness (QED) is 0.205. The van der Waals surface area contributed by atoms with Gasteiger partial charge in [0.2, 0.25) is 27.6 Å². The van der Waals surface area contributed by atoms with E-state index >= 15 is 0 Å². The van der Waals surface area contributed by atoms with E-state index in [0.717, 1.165) is 0 Å². The van der Waals surface area contributed by atoms with E-state index in [0.29, 0.717) is 24.0 Å². The predicted octanol–water partition coefficient (Wildman–Crippen LogP) is 2.71. The topological polar surface area (TPSA) is 159 Å². The highest BCUT2D eigenvalue weighted by Gasteiger charge is 2.62. The number of halogens is 1. The lowest BCUT2D eigenvalue weighted by Gasteiger charge is -2.26. The van der Waals surface area contributed by atoms with Gasteiger partial charge in [-0.3, -0.25) is 28.8 Å². The molecule has 2 aliphatic heterocycles. The number of sulfonamides is 1. The zero-order chi connectivity index (χ0) is 35.0. The Labute approximate surface area is 279 Å². The van der Waals surface area contributed by atoms with Crippen LogP contribution in [0.4, 0.5) is 9.18 Å². The molecule has 2 N–H and O–H groups in total. The molecule has 12 nitrogen and oxygen atoms in total. The fourth-order valence-corrected chi connectivity index (χ4v) is 7.38. The number of ketones is 1. The molecule has 1 saturated heterocycles. The van der Waals surface area contributed by atoms with Gasteiger partial charge in [0.15, 0.2) is 0 Å². The van der Waals surface area contributed by atoms with Gasteiger partial charge in [-0.15, -0.1) is 6.58 Å². The second-order valence-corrected chi connectivity index (χ2v) is 16.0. The highest BCUT2D eigenvalue weighted by molar-refractivity contribution is 7.91. The van der Waals surface area contributed by atoms with Crippen molar-refractivity contribution in [2.24, 2.45) is 11.3 Å². The number of rotatable bonds is 11. The smallest absolute Gasteiger partial charge is 0.410 e. The number of nitrogens with zero attached hydrogens (tertiary/aromatic N) is 2. The molecule has 14 heteroatoms. The molecule has 1 aromatic rings. The summed E-state index contributed by atoms with van der Waals surface area (Å²) in [6, 6.07) is 3.43. The van der Waals surface area contributed by atoms with Crippen LogP contribution in [0.5, 0.6) is 0 Å². The molecule has 258 valence electrons. The summed E-state index contributed by atoms with van der Waals surface area (Å²) >= 11 is 0. The van der Waals surface area contributed by atoms with Gasteiger partial charge in [-0.05, 0) is 64.0 Å². The molecular weight excluding hydrogens is 643 g/mol. The Morgan fingerprint density at radius 2 is 1.88 bits per heavy atom. The first-order chi connectivity index (χ1) is 22.5. The van der Waals surface area contributed by atoms with Crippen molar-refractivity contribution in [1.82, 2.24) is 19.8 Å². The first-order valence-electron chi connectivity index (χ1n) is 16.1. The van der Waals surface area contributed by atoms with Crippen molar-refractivity contribution in [3.8, 4) is 11.8 Å². The third-order valence-electron chi connectivity index (χ3n) is 8.96. The minimum Gasteiger partial charge on any atom is -0.444 e. The van der Waals surface area contributed by atoms with E-state index in [2.05, 4.69) is 28.5 Å². The fraction of sp³-hybridized carbons (Fsp3) is 0.559. The summed E-state index contributed by atoms with van der Waals surface area (Å²) in [4.78, 5) is 68.5. The van der Waals surface area contributed by atoms with Crippen molar-refractivity contribution >= 4 is 39.6 Å². The predicted molar refractivity (Wildman–Crippen MR) is 171 cm³/mol. The third-order valence-corrected chi connectivity index (χ3v) is 10.8. The third kappa shape index (κ3) is 7.89.